The number of hydrogen-bond donors (Lipinski definition) is 2. The largest absolute Gasteiger partial charge is 0.507 e. The summed E-state index contributed by atoms with van der Waals surface area (Å²) in [6, 6.07) is 21.1. The summed E-state index contributed by atoms with van der Waals surface area (Å²) in [4.78, 5) is 0. The van der Waals surface area contributed by atoms with Crippen molar-refractivity contribution < 1.29 is 14.9 Å². The van der Waals surface area contributed by atoms with E-state index in [0.717, 1.165) is 27.3 Å². The lowest BCUT2D eigenvalue weighted by molar-refractivity contribution is 0.374. The molecule has 0 heterocycles. The predicted octanol–water partition coefficient (Wildman–Crippen LogP) is 5.08. The highest BCUT2D eigenvalue weighted by atomic mass is 16.5. The highest BCUT2D eigenvalue weighted by Gasteiger charge is 2.17. The van der Waals surface area contributed by atoms with Crippen LogP contribution in [0.1, 0.15) is 0 Å². The number of fused-ring (bicyclic) bond motifs is 2. The second-order valence-corrected chi connectivity index (χ2v) is 5.70. The van der Waals surface area contributed by atoms with Gasteiger partial charge in [-0.1, -0.05) is 54.6 Å². The van der Waals surface area contributed by atoms with E-state index in [-0.39, 0.29) is 11.5 Å². The Bertz CT molecular complexity index is 1050. The molecule has 0 amide bonds. The van der Waals surface area contributed by atoms with Gasteiger partial charge >= 0.3 is 0 Å². The monoisotopic (exact) mass is 316 g/mol. The molecule has 118 valence electrons. The van der Waals surface area contributed by atoms with E-state index in [4.69, 9.17) is 4.74 Å². The molecule has 24 heavy (non-hydrogen) atoms. The number of benzene rings is 4. The molecule has 0 saturated heterocycles. The topological polar surface area (TPSA) is 49.7 Å². The second-order valence-electron chi connectivity index (χ2n) is 5.70. The summed E-state index contributed by atoms with van der Waals surface area (Å²) in [6.45, 7) is 0. The molecule has 3 heteroatoms. The molecule has 0 aliphatic carbocycles. The smallest absolute Gasteiger partial charge is 0.161 e. The van der Waals surface area contributed by atoms with Crippen LogP contribution < -0.4 is 4.74 Å². The maximum absolute atomic E-state index is 10.7. The van der Waals surface area contributed by atoms with Gasteiger partial charge in [0.1, 0.15) is 5.75 Å². The quantitative estimate of drug-likeness (QED) is 0.507. The van der Waals surface area contributed by atoms with Crippen LogP contribution in [0.15, 0.2) is 66.7 Å². The molecule has 4 rings (SSSR count). The average Bonchev–Trinajstić information content (AvgIpc) is 2.63. The van der Waals surface area contributed by atoms with Crippen LogP contribution in [0.3, 0.4) is 0 Å². The number of methoxy groups -OCH3 is 1. The minimum absolute atomic E-state index is 0.00888. The number of aromatic hydroxyl groups is 2. The normalized spacial score (nSPS) is 11.0. The molecule has 0 atom stereocenters. The Balaban J connectivity index is 2.26. The molecule has 0 aromatic heterocycles. The summed E-state index contributed by atoms with van der Waals surface area (Å²) >= 11 is 0. The molecule has 0 aliphatic rings. The lowest BCUT2D eigenvalue weighted by Crippen LogP contribution is -1.89. The van der Waals surface area contributed by atoms with Gasteiger partial charge in [-0.25, -0.2) is 0 Å². The third-order valence-corrected chi connectivity index (χ3v) is 4.36. The highest BCUT2D eigenvalue weighted by molar-refractivity contribution is 6.17. The van der Waals surface area contributed by atoms with Gasteiger partial charge in [0, 0.05) is 10.8 Å². The minimum atomic E-state index is 0.00888. The van der Waals surface area contributed by atoms with Crippen molar-refractivity contribution in [3.05, 3.63) is 66.7 Å². The third kappa shape index (κ3) is 2.06. The lowest BCUT2D eigenvalue weighted by atomic mass is 9.91. The van der Waals surface area contributed by atoms with Crippen LogP contribution in [0, 0.1) is 0 Å². The Morgan fingerprint density at radius 2 is 1.38 bits per heavy atom. The summed E-state index contributed by atoms with van der Waals surface area (Å²) in [6.07, 6.45) is 0. The van der Waals surface area contributed by atoms with Crippen LogP contribution in [0.2, 0.25) is 0 Å². The van der Waals surface area contributed by atoms with Crippen molar-refractivity contribution in [3.63, 3.8) is 0 Å². The van der Waals surface area contributed by atoms with Crippen molar-refractivity contribution in [2.24, 2.45) is 0 Å². The fraction of sp³-hybridized carbons (Fsp3) is 0.0476. The number of ether oxygens (including phenoxy) is 1. The van der Waals surface area contributed by atoms with Gasteiger partial charge in [-0.2, -0.15) is 0 Å². The Kier molecular flexibility index (Phi) is 3.28. The van der Waals surface area contributed by atoms with Gasteiger partial charge < -0.3 is 14.9 Å². The summed E-state index contributed by atoms with van der Waals surface area (Å²) in [5.41, 5.74) is 2.06. The van der Waals surface area contributed by atoms with E-state index in [2.05, 4.69) is 0 Å². The zero-order valence-electron chi connectivity index (χ0n) is 13.2. The van der Waals surface area contributed by atoms with E-state index < -0.39 is 0 Å². The van der Waals surface area contributed by atoms with Crippen molar-refractivity contribution in [3.8, 4) is 28.4 Å². The first kappa shape index (κ1) is 14.4. The summed E-state index contributed by atoms with van der Waals surface area (Å²) in [5, 5.41) is 24.0. The van der Waals surface area contributed by atoms with Gasteiger partial charge in [0.15, 0.2) is 11.5 Å². The highest BCUT2D eigenvalue weighted by Crippen LogP contribution is 2.45. The molecule has 0 fully saturated rings. The molecular weight excluding hydrogens is 300 g/mol. The van der Waals surface area contributed by atoms with Crippen LogP contribution >= 0.6 is 0 Å². The molecule has 4 aromatic carbocycles. The predicted molar refractivity (Wildman–Crippen MR) is 96.8 cm³/mol. The van der Waals surface area contributed by atoms with E-state index in [1.165, 1.54) is 7.11 Å². The number of phenolic OH excluding ortho intramolecular Hbond substituents is 2. The van der Waals surface area contributed by atoms with Crippen molar-refractivity contribution in [2.75, 3.05) is 7.11 Å². The average molecular weight is 316 g/mol. The van der Waals surface area contributed by atoms with Crippen LogP contribution in [-0.4, -0.2) is 17.3 Å². The maximum atomic E-state index is 10.7. The number of phenols is 2. The molecule has 0 aliphatic heterocycles. The number of hydrogen-bond acceptors (Lipinski definition) is 3. The minimum Gasteiger partial charge on any atom is -0.507 e. The van der Waals surface area contributed by atoms with Crippen LogP contribution in [0.25, 0.3) is 32.7 Å². The molecule has 0 radical (unpaired) electrons. The van der Waals surface area contributed by atoms with Gasteiger partial charge in [-0.05, 0) is 34.0 Å². The van der Waals surface area contributed by atoms with Gasteiger partial charge in [-0.3, -0.25) is 0 Å². The molecular formula is C21H16O3. The molecule has 0 spiro atoms. The molecule has 3 nitrogen and oxygen atoms in total. The molecule has 0 saturated carbocycles. The van der Waals surface area contributed by atoms with E-state index in [9.17, 15) is 10.2 Å². The Morgan fingerprint density at radius 3 is 2.08 bits per heavy atom. The van der Waals surface area contributed by atoms with E-state index in [1.54, 1.807) is 12.1 Å². The van der Waals surface area contributed by atoms with E-state index in [0.29, 0.717) is 11.1 Å². The number of rotatable bonds is 2. The fourth-order valence-electron chi connectivity index (χ4n) is 3.25. The van der Waals surface area contributed by atoms with Crippen LogP contribution in [0.5, 0.6) is 17.2 Å². The fourth-order valence-corrected chi connectivity index (χ4v) is 3.25. The lowest BCUT2D eigenvalue weighted by Gasteiger charge is -2.15. The van der Waals surface area contributed by atoms with Crippen LogP contribution in [-0.2, 0) is 0 Å². The van der Waals surface area contributed by atoms with Crippen molar-refractivity contribution in [2.45, 2.75) is 0 Å². The standard InChI is InChI=1S/C21H16O3/c1-24-19-12-16-17(11-18(19)22)21(23)15-10-6-5-9-14(15)20(16)13-7-3-2-4-8-13/h2-12,22-23H,1H3. The zero-order valence-corrected chi connectivity index (χ0v) is 13.2. The van der Waals surface area contributed by atoms with E-state index >= 15 is 0 Å². The summed E-state index contributed by atoms with van der Waals surface area (Å²) in [7, 11) is 1.52. The summed E-state index contributed by atoms with van der Waals surface area (Å²) in [5.74, 6) is 0.558. The second kappa shape index (κ2) is 5.46. The first-order chi connectivity index (χ1) is 11.7. The van der Waals surface area contributed by atoms with Crippen LogP contribution in [0.4, 0.5) is 0 Å². The van der Waals surface area contributed by atoms with E-state index in [1.807, 2.05) is 54.6 Å². The Labute approximate surface area is 139 Å². The van der Waals surface area contributed by atoms with Crippen molar-refractivity contribution in [1.82, 2.24) is 0 Å². The van der Waals surface area contributed by atoms with Gasteiger partial charge in [0.25, 0.3) is 0 Å². The van der Waals surface area contributed by atoms with Crippen molar-refractivity contribution >= 4 is 21.5 Å². The third-order valence-electron chi connectivity index (χ3n) is 4.36. The van der Waals surface area contributed by atoms with Gasteiger partial charge in [-0.15, -0.1) is 0 Å². The molecule has 4 aromatic rings. The Hall–Kier alpha value is -3.20. The first-order valence-electron chi connectivity index (χ1n) is 7.70. The maximum Gasteiger partial charge on any atom is 0.161 e. The molecule has 0 unspecified atom stereocenters. The zero-order chi connectivity index (χ0) is 16.7. The van der Waals surface area contributed by atoms with Gasteiger partial charge in [0.05, 0.1) is 7.11 Å². The van der Waals surface area contributed by atoms with Gasteiger partial charge in [0.2, 0.25) is 0 Å². The molecule has 0 bridgehead atoms. The Morgan fingerprint density at radius 1 is 0.708 bits per heavy atom. The summed E-state index contributed by atoms with van der Waals surface area (Å²) < 4.78 is 5.26. The van der Waals surface area contributed by atoms with Crippen molar-refractivity contribution in [1.29, 1.82) is 0 Å². The SMILES string of the molecule is COc1cc2c(-c3ccccc3)c3ccccc3c(O)c2cc1O. The molecule has 2 N–H and O–H groups in total. The first-order valence-corrected chi connectivity index (χ1v) is 7.70.